The largest absolute Gasteiger partial charge is 0.431 e. The third-order valence-corrected chi connectivity index (χ3v) is 3.37. The predicted octanol–water partition coefficient (Wildman–Crippen LogP) is 2.16. The molecule has 0 aliphatic carbocycles. The lowest BCUT2D eigenvalue weighted by Gasteiger charge is -2.12. The maximum absolute atomic E-state index is 12.1. The molecule has 6 nitrogen and oxygen atoms in total. The van der Waals surface area contributed by atoms with E-state index in [1.807, 2.05) is 6.07 Å². The van der Waals surface area contributed by atoms with Crippen LogP contribution in [-0.2, 0) is 0 Å². The second kappa shape index (κ2) is 5.78. The van der Waals surface area contributed by atoms with Crippen LogP contribution in [0.15, 0.2) is 41.0 Å². The minimum Gasteiger partial charge on any atom is -0.431 e. The van der Waals surface area contributed by atoms with Gasteiger partial charge in [-0.25, -0.2) is 0 Å². The Morgan fingerprint density at radius 1 is 1.14 bits per heavy atom. The van der Waals surface area contributed by atoms with Gasteiger partial charge in [-0.1, -0.05) is 18.2 Å². The molecule has 1 saturated heterocycles. The SMILES string of the molecule is O=C(Nc1nc(C(=O)N2CCCC2)co1)c1ccccc1. The number of anilines is 1. The second-order valence-electron chi connectivity index (χ2n) is 4.86. The molecule has 0 bridgehead atoms. The van der Waals surface area contributed by atoms with E-state index in [1.54, 1.807) is 29.2 Å². The number of amides is 2. The van der Waals surface area contributed by atoms with Gasteiger partial charge in [0, 0.05) is 18.7 Å². The Morgan fingerprint density at radius 2 is 1.86 bits per heavy atom. The van der Waals surface area contributed by atoms with Crippen molar-refractivity contribution in [2.24, 2.45) is 0 Å². The van der Waals surface area contributed by atoms with Gasteiger partial charge in [0.05, 0.1) is 0 Å². The Hall–Kier alpha value is -2.63. The number of nitrogens with one attached hydrogen (secondary N) is 1. The molecule has 6 heteroatoms. The zero-order valence-electron chi connectivity index (χ0n) is 11.4. The molecule has 21 heavy (non-hydrogen) atoms. The normalized spacial score (nSPS) is 14.2. The van der Waals surface area contributed by atoms with Crippen LogP contribution in [-0.4, -0.2) is 34.8 Å². The lowest BCUT2D eigenvalue weighted by Crippen LogP contribution is -2.27. The summed E-state index contributed by atoms with van der Waals surface area (Å²) in [6.45, 7) is 1.49. The van der Waals surface area contributed by atoms with Gasteiger partial charge in [0.25, 0.3) is 11.8 Å². The number of oxazole rings is 1. The van der Waals surface area contributed by atoms with E-state index >= 15 is 0 Å². The molecule has 2 heterocycles. The van der Waals surface area contributed by atoms with Crippen molar-refractivity contribution in [3.05, 3.63) is 47.9 Å². The van der Waals surface area contributed by atoms with Crippen molar-refractivity contribution in [3.63, 3.8) is 0 Å². The van der Waals surface area contributed by atoms with Crippen molar-refractivity contribution < 1.29 is 14.0 Å². The summed E-state index contributed by atoms with van der Waals surface area (Å²) < 4.78 is 5.15. The van der Waals surface area contributed by atoms with Crippen LogP contribution in [0.5, 0.6) is 0 Å². The number of likely N-dealkylation sites (tertiary alicyclic amines) is 1. The van der Waals surface area contributed by atoms with Crippen LogP contribution >= 0.6 is 0 Å². The van der Waals surface area contributed by atoms with Gasteiger partial charge in [-0.2, -0.15) is 4.98 Å². The lowest BCUT2D eigenvalue weighted by molar-refractivity contribution is 0.0786. The Bertz CT molecular complexity index is 645. The molecular formula is C15H15N3O3. The molecule has 1 aliphatic heterocycles. The van der Waals surface area contributed by atoms with Gasteiger partial charge in [-0.3, -0.25) is 14.9 Å². The molecule has 1 aliphatic rings. The minimum absolute atomic E-state index is 0.0337. The van der Waals surface area contributed by atoms with E-state index in [0.717, 1.165) is 25.9 Å². The lowest BCUT2D eigenvalue weighted by atomic mass is 10.2. The Morgan fingerprint density at radius 3 is 2.57 bits per heavy atom. The van der Waals surface area contributed by atoms with Crippen LogP contribution in [0.3, 0.4) is 0 Å². The molecule has 1 aromatic carbocycles. The fourth-order valence-electron chi connectivity index (χ4n) is 2.27. The number of hydrogen-bond acceptors (Lipinski definition) is 4. The first-order valence-electron chi connectivity index (χ1n) is 6.85. The molecule has 0 atom stereocenters. The number of benzene rings is 1. The number of carbonyl (C=O) groups excluding carboxylic acids is 2. The standard InChI is InChI=1S/C15H15N3O3/c19-13(11-6-2-1-3-7-11)17-15-16-12(10-21-15)14(20)18-8-4-5-9-18/h1-3,6-7,10H,4-5,8-9H2,(H,16,17,19). The molecule has 0 unspecified atom stereocenters. The van der Waals surface area contributed by atoms with Crippen molar-refractivity contribution in [3.8, 4) is 0 Å². The number of hydrogen-bond donors (Lipinski definition) is 1. The van der Waals surface area contributed by atoms with E-state index in [2.05, 4.69) is 10.3 Å². The fraction of sp³-hybridized carbons (Fsp3) is 0.267. The third kappa shape index (κ3) is 2.94. The summed E-state index contributed by atoms with van der Waals surface area (Å²) in [6, 6.07) is 8.78. The zero-order chi connectivity index (χ0) is 14.7. The Balaban J connectivity index is 1.68. The smallest absolute Gasteiger partial charge is 0.302 e. The van der Waals surface area contributed by atoms with E-state index < -0.39 is 0 Å². The summed E-state index contributed by atoms with van der Waals surface area (Å²) in [5.74, 6) is -0.478. The van der Waals surface area contributed by atoms with Gasteiger partial charge in [-0.05, 0) is 25.0 Å². The molecule has 1 aromatic heterocycles. The summed E-state index contributed by atoms with van der Waals surface area (Å²) in [4.78, 5) is 29.8. The highest BCUT2D eigenvalue weighted by atomic mass is 16.4. The summed E-state index contributed by atoms with van der Waals surface area (Å²) in [5, 5.41) is 2.54. The summed E-state index contributed by atoms with van der Waals surface area (Å²) in [6.07, 6.45) is 3.31. The predicted molar refractivity (Wildman–Crippen MR) is 76.0 cm³/mol. The molecular weight excluding hydrogens is 270 g/mol. The van der Waals surface area contributed by atoms with Gasteiger partial charge in [0.15, 0.2) is 5.69 Å². The van der Waals surface area contributed by atoms with Crippen molar-refractivity contribution in [2.75, 3.05) is 18.4 Å². The monoisotopic (exact) mass is 285 g/mol. The van der Waals surface area contributed by atoms with Gasteiger partial charge in [0.1, 0.15) is 6.26 Å². The topological polar surface area (TPSA) is 75.4 Å². The maximum Gasteiger partial charge on any atom is 0.302 e. The molecule has 0 spiro atoms. The Labute approximate surface area is 121 Å². The van der Waals surface area contributed by atoms with E-state index in [-0.39, 0.29) is 23.5 Å². The van der Waals surface area contributed by atoms with Gasteiger partial charge in [0.2, 0.25) is 0 Å². The fourth-order valence-corrected chi connectivity index (χ4v) is 2.27. The van der Waals surface area contributed by atoms with E-state index in [0.29, 0.717) is 5.56 Å². The number of rotatable bonds is 3. The number of carbonyl (C=O) groups is 2. The van der Waals surface area contributed by atoms with Crippen LogP contribution in [0.25, 0.3) is 0 Å². The summed E-state index contributed by atoms with van der Waals surface area (Å²) >= 11 is 0. The van der Waals surface area contributed by atoms with Crippen LogP contribution in [0, 0.1) is 0 Å². The molecule has 0 radical (unpaired) electrons. The van der Waals surface area contributed by atoms with Crippen LogP contribution in [0.1, 0.15) is 33.7 Å². The minimum atomic E-state index is -0.322. The molecule has 108 valence electrons. The second-order valence-corrected chi connectivity index (χ2v) is 4.86. The first-order chi connectivity index (χ1) is 10.2. The first kappa shape index (κ1) is 13.4. The van der Waals surface area contributed by atoms with Crippen molar-refractivity contribution in [1.82, 2.24) is 9.88 Å². The van der Waals surface area contributed by atoms with Crippen LogP contribution in [0.4, 0.5) is 6.01 Å². The molecule has 2 aromatic rings. The van der Waals surface area contributed by atoms with Gasteiger partial charge >= 0.3 is 6.01 Å². The van der Waals surface area contributed by atoms with Crippen LogP contribution in [0.2, 0.25) is 0 Å². The molecule has 0 saturated carbocycles. The average molecular weight is 285 g/mol. The van der Waals surface area contributed by atoms with E-state index in [1.165, 1.54) is 6.26 Å². The Kier molecular flexibility index (Phi) is 3.68. The van der Waals surface area contributed by atoms with E-state index in [9.17, 15) is 9.59 Å². The van der Waals surface area contributed by atoms with Crippen molar-refractivity contribution in [1.29, 1.82) is 0 Å². The number of nitrogens with zero attached hydrogens (tertiary/aromatic N) is 2. The van der Waals surface area contributed by atoms with Gasteiger partial charge in [-0.15, -0.1) is 0 Å². The molecule has 1 fully saturated rings. The zero-order valence-corrected chi connectivity index (χ0v) is 11.4. The molecule has 2 amide bonds. The first-order valence-corrected chi connectivity index (χ1v) is 6.85. The molecule has 1 N–H and O–H groups in total. The van der Waals surface area contributed by atoms with E-state index in [4.69, 9.17) is 4.42 Å². The summed E-state index contributed by atoms with van der Waals surface area (Å²) in [5.41, 5.74) is 0.725. The number of aromatic nitrogens is 1. The quantitative estimate of drug-likeness (QED) is 0.937. The van der Waals surface area contributed by atoms with Crippen LogP contribution < -0.4 is 5.32 Å². The maximum atomic E-state index is 12.1. The molecule has 3 rings (SSSR count). The third-order valence-electron chi connectivity index (χ3n) is 3.37. The highest BCUT2D eigenvalue weighted by Crippen LogP contribution is 2.15. The van der Waals surface area contributed by atoms with Crippen molar-refractivity contribution >= 4 is 17.8 Å². The average Bonchev–Trinajstić information content (AvgIpc) is 3.19. The highest BCUT2D eigenvalue weighted by Gasteiger charge is 2.22. The van der Waals surface area contributed by atoms with Gasteiger partial charge < -0.3 is 9.32 Å². The highest BCUT2D eigenvalue weighted by molar-refractivity contribution is 6.03. The van der Waals surface area contributed by atoms with Crippen molar-refractivity contribution in [2.45, 2.75) is 12.8 Å². The summed E-state index contributed by atoms with van der Waals surface area (Å²) in [7, 11) is 0.